The van der Waals surface area contributed by atoms with Gasteiger partial charge in [0, 0.05) is 17.3 Å². The lowest BCUT2D eigenvalue weighted by molar-refractivity contribution is -0.0204. The van der Waals surface area contributed by atoms with Gasteiger partial charge < -0.3 is 37.9 Å². The summed E-state index contributed by atoms with van der Waals surface area (Å²) in [5.74, 6) is 3.28. The summed E-state index contributed by atoms with van der Waals surface area (Å²) in [7, 11) is 6.36. The molecule has 2 aliphatic rings. The number of fused-ring (bicyclic) bond motifs is 1. The largest absolute Gasteiger partial charge is 0.493 e. The molecule has 3 aromatic carbocycles. The van der Waals surface area contributed by atoms with Gasteiger partial charge in [-0.15, -0.1) is 0 Å². The van der Waals surface area contributed by atoms with Gasteiger partial charge in [-0.2, -0.15) is 5.06 Å². The van der Waals surface area contributed by atoms with Crippen LogP contribution in [0.1, 0.15) is 65.4 Å². The topological polar surface area (TPSA) is 114 Å². The van der Waals surface area contributed by atoms with Crippen LogP contribution in [0.4, 0.5) is 0 Å². The van der Waals surface area contributed by atoms with Gasteiger partial charge in [0.05, 0.1) is 47.3 Å². The van der Waals surface area contributed by atoms with Crippen LogP contribution in [-0.2, 0) is 11.2 Å². The van der Waals surface area contributed by atoms with Crippen LogP contribution < -0.4 is 33.2 Å². The lowest BCUT2D eigenvalue weighted by Gasteiger charge is -2.20. The van der Waals surface area contributed by atoms with Crippen LogP contribution >= 0.6 is 0 Å². The molecule has 2 heterocycles. The van der Waals surface area contributed by atoms with Crippen molar-refractivity contribution < 1.29 is 47.9 Å². The third kappa shape index (κ3) is 6.89. The smallest absolute Gasteiger partial charge is 0.281 e. The summed E-state index contributed by atoms with van der Waals surface area (Å²) in [4.78, 5) is 12.8. The zero-order chi connectivity index (χ0) is 31.9. The van der Waals surface area contributed by atoms with Gasteiger partial charge in [0.1, 0.15) is 0 Å². The van der Waals surface area contributed by atoms with Gasteiger partial charge in [-0.25, -0.2) is 0 Å². The molecule has 45 heavy (non-hydrogen) atoms. The first-order chi connectivity index (χ1) is 21.9. The maximum atomic E-state index is 12.8. The fourth-order valence-corrected chi connectivity index (χ4v) is 5.46. The Kier molecular flexibility index (Phi) is 10.2. The minimum atomic E-state index is -0.601. The summed E-state index contributed by atoms with van der Waals surface area (Å²) in [5, 5.41) is 11.1. The Morgan fingerprint density at radius 1 is 0.867 bits per heavy atom. The van der Waals surface area contributed by atoms with E-state index in [1.165, 1.54) is 6.20 Å². The van der Waals surface area contributed by atoms with E-state index in [9.17, 15) is 10.0 Å². The summed E-state index contributed by atoms with van der Waals surface area (Å²) in [6.45, 7) is 2.63. The maximum absolute atomic E-state index is 12.8. The van der Waals surface area contributed by atoms with Gasteiger partial charge in [0.2, 0.25) is 12.5 Å². The molecular formula is C34H39NO10. The molecule has 1 amide bonds. The van der Waals surface area contributed by atoms with E-state index in [1.807, 2.05) is 31.2 Å². The molecule has 2 unspecified atom stereocenters. The van der Waals surface area contributed by atoms with E-state index in [0.29, 0.717) is 58.3 Å². The summed E-state index contributed by atoms with van der Waals surface area (Å²) in [5.41, 5.74) is 2.96. The third-order valence-corrected chi connectivity index (χ3v) is 7.69. The van der Waals surface area contributed by atoms with Gasteiger partial charge in [-0.3, -0.25) is 10.0 Å². The van der Waals surface area contributed by atoms with E-state index in [0.717, 1.165) is 36.0 Å². The molecule has 3 aromatic rings. The van der Waals surface area contributed by atoms with Gasteiger partial charge in [0.15, 0.2) is 34.5 Å². The molecule has 2 atom stereocenters. The molecule has 1 fully saturated rings. The Bertz CT molecular complexity index is 1510. The van der Waals surface area contributed by atoms with Crippen molar-refractivity contribution in [2.45, 2.75) is 44.8 Å². The minimum Gasteiger partial charge on any atom is -0.493 e. The van der Waals surface area contributed by atoms with E-state index >= 15 is 0 Å². The van der Waals surface area contributed by atoms with Crippen molar-refractivity contribution >= 4 is 5.91 Å². The quantitative estimate of drug-likeness (QED) is 0.169. The lowest BCUT2D eigenvalue weighted by atomic mass is 9.99. The highest BCUT2D eigenvalue weighted by molar-refractivity contribution is 5.94. The van der Waals surface area contributed by atoms with Crippen LogP contribution in [-0.4, -0.2) is 58.0 Å². The molecule has 0 saturated carbocycles. The number of hydrogen-bond donors (Lipinski definition) is 1. The van der Waals surface area contributed by atoms with Crippen LogP contribution in [0.5, 0.6) is 40.2 Å². The molecule has 0 aromatic heterocycles. The van der Waals surface area contributed by atoms with E-state index in [-0.39, 0.29) is 24.6 Å². The van der Waals surface area contributed by atoms with Crippen LogP contribution in [0.2, 0.25) is 0 Å². The normalized spacial score (nSPS) is 16.9. The van der Waals surface area contributed by atoms with Crippen molar-refractivity contribution in [3.63, 3.8) is 0 Å². The Hall–Kier alpha value is -4.61. The Balaban J connectivity index is 1.35. The molecule has 0 bridgehead atoms. The fourth-order valence-electron chi connectivity index (χ4n) is 5.46. The van der Waals surface area contributed by atoms with Crippen LogP contribution in [0, 0.1) is 0 Å². The molecule has 1 N–H and O–H groups in total. The molecule has 5 rings (SSSR count). The lowest BCUT2D eigenvalue weighted by Crippen LogP contribution is -2.21. The highest BCUT2D eigenvalue weighted by atomic mass is 16.7. The van der Waals surface area contributed by atoms with Crippen molar-refractivity contribution in [1.82, 2.24) is 5.06 Å². The monoisotopic (exact) mass is 621 g/mol. The average Bonchev–Trinajstić information content (AvgIpc) is 3.76. The highest BCUT2D eigenvalue weighted by Crippen LogP contribution is 2.47. The number of allylic oxidation sites excluding steroid dienone is 1. The summed E-state index contributed by atoms with van der Waals surface area (Å²) >= 11 is 0. The SMILES string of the molecule is CCCOc1c(C/C=C/N(O)C(=O)c2ccc3c(c2)OCO3)cc(C2CCC(c3cc(OC)c(OC)c(OC)c3)O2)cc1OC. The summed E-state index contributed by atoms with van der Waals surface area (Å²) in [6.07, 6.45) is 5.37. The van der Waals surface area contributed by atoms with Gasteiger partial charge in [-0.1, -0.05) is 13.0 Å². The highest BCUT2D eigenvalue weighted by Gasteiger charge is 2.31. The number of carbonyl (C=O) groups excluding carboxylic acids is 1. The van der Waals surface area contributed by atoms with E-state index < -0.39 is 5.91 Å². The van der Waals surface area contributed by atoms with Crippen molar-refractivity contribution in [1.29, 1.82) is 0 Å². The number of hydroxylamine groups is 2. The number of hydrogen-bond acceptors (Lipinski definition) is 10. The molecular weight excluding hydrogens is 582 g/mol. The average molecular weight is 622 g/mol. The molecule has 11 heteroatoms. The Morgan fingerprint density at radius 2 is 1.49 bits per heavy atom. The van der Waals surface area contributed by atoms with Gasteiger partial charge >= 0.3 is 0 Å². The number of methoxy groups -OCH3 is 4. The van der Waals surface area contributed by atoms with Crippen molar-refractivity contribution in [2.75, 3.05) is 41.8 Å². The standard InChI is InChI=1S/C34H39NO10/c1-6-14-42-32-21(8-7-13-35(37)34(36)22-9-10-27-28(16-22)44-20-43-27)15-23(17-29(32)38-2)25-11-12-26(45-25)24-18-30(39-3)33(41-5)31(19-24)40-4/h7,9-10,13,15-19,25-26,37H,6,8,11-12,14,20H2,1-5H3/b13-7+. The molecule has 0 aliphatic carbocycles. The van der Waals surface area contributed by atoms with Crippen LogP contribution in [0.15, 0.2) is 54.7 Å². The second kappa shape index (κ2) is 14.4. The Morgan fingerprint density at radius 3 is 2.11 bits per heavy atom. The number of rotatable bonds is 13. The number of ether oxygens (including phenoxy) is 8. The zero-order valence-electron chi connectivity index (χ0n) is 26.2. The molecule has 240 valence electrons. The third-order valence-electron chi connectivity index (χ3n) is 7.69. The second-order valence-corrected chi connectivity index (χ2v) is 10.5. The zero-order valence-corrected chi connectivity index (χ0v) is 26.2. The molecule has 1 saturated heterocycles. The van der Waals surface area contributed by atoms with Gasteiger partial charge in [0.25, 0.3) is 5.91 Å². The summed E-state index contributed by atoms with van der Waals surface area (Å²) < 4.78 is 45.6. The van der Waals surface area contributed by atoms with E-state index in [4.69, 9.17) is 37.9 Å². The second-order valence-electron chi connectivity index (χ2n) is 10.5. The number of amides is 1. The van der Waals surface area contributed by atoms with Crippen molar-refractivity contribution in [3.8, 4) is 40.2 Å². The summed E-state index contributed by atoms with van der Waals surface area (Å²) in [6, 6.07) is 12.6. The predicted molar refractivity (Wildman–Crippen MR) is 164 cm³/mol. The molecule has 0 spiro atoms. The minimum absolute atomic E-state index is 0.0954. The van der Waals surface area contributed by atoms with Crippen molar-refractivity contribution in [3.05, 3.63) is 77.0 Å². The molecule has 11 nitrogen and oxygen atoms in total. The van der Waals surface area contributed by atoms with E-state index in [2.05, 4.69) is 0 Å². The Labute approximate surface area is 262 Å². The first kappa shape index (κ1) is 31.8. The predicted octanol–water partition coefficient (Wildman–Crippen LogP) is 6.42. The van der Waals surface area contributed by atoms with Crippen LogP contribution in [0.3, 0.4) is 0 Å². The maximum Gasteiger partial charge on any atom is 0.281 e. The van der Waals surface area contributed by atoms with Gasteiger partial charge in [-0.05, 0) is 79.3 Å². The first-order valence-corrected chi connectivity index (χ1v) is 14.8. The molecule has 0 radical (unpaired) electrons. The molecule has 2 aliphatic heterocycles. The fraction of sp³-hybridized carbons (Fsp3) is 0.382. The number of benzene rings is 3. The number of nitrogens with zero attached hydrogens (tertiary/aromatic N) is 1. The first-order valence-electron chi connectivity index (χ1n) is 14.8. The van der Waals surface area contributed by atoms with Crippen molar-refractivity contribution in [2.24, 2.45) is 0 Å². The van der Waals surface area contributed by atoms with E-state index in [1.54, 1.807) is 52.7 Å². The number of carbonyl (C=O) groups is 1. The van der Waals surface area contributed by atoms with Crippen LogP contribution in [0.25, 0.3) is 0 Å².